The van der Waals surface area contributed by atoms with Gasteiger partial charge in [0.2, 0.25) is 0 Å². The summed E-state index contributed by atoms with van der Waals surface area (Å²) in [7, 11) is 1.64. The highest BCUT2D eigenvalue weighted by atomic mass is 127. The molecule has 0 aromatic heterocycles. The summed E-state index contributed by atoms with van der Waals surface area (Å²) in [4.78, 5) is 11.0. The maximum atomic E-state index is 11.0. The summed E-state index contributed by atoms with van der Waals surface area (Å²) in [5.74, 6) is 1.09. The zero-order valence-corrected chi connectivity index (χ0v) is 22.0. The first-order chi connectivity index (χ1) is 15.4. The quantitative estimate of drug-likeness (QED) is 0.218. The second-order valence-electron chi connectivity index (χ2n) is 6.68. The van der Waals surface area contributed by atoms with Crippen LogP contribution in [-0.2, 0) is 25.4 Å². The number of nitrogens with two attached hydrogens (primary N) is 1. The molecule has 0 spiro atoms. The number of carboxylic acids is 1. The molecule has 0 fully saturated rings. The van der Waals surface area contributed by atoms with Crippen molar-refractivity contribution in [3.05, 3.63) is 49.1 Å². The molecule has 2 aromatic carbocycles. The Labute approximate surface area is 215 Å². The van der Waals surface area contributed by atoms with Gasteiger partial charge in [-0.1, -0.05) is 0 Å². The fraction of sp³-hybridized carbons (Fsp3) is 0.409. The predicted molar refractivity (Wildman–Crippen MR) is 137 cm³/mol. The number of halogens is 2. The normalized spacial score (nSPS) is 11.9. The fourth-order valence-electron chi connectivity index (χ4n) is 2.57. The summed E-state index contributed by atoms with van der Waals surface area (Å²) in [5.41, 5.74) is 6.50. The van der Waals surface area contributed by atoms with Gasteiger partial charge in [-0.3, -0.25) is 4.79 Å². The molecule has 0 saturated carbocycles. The van der Waals surface area contributed by atoms with E-state index in [9.17, 15) is 4.79 Å². The molecule has 0 radical (unpaired) electrons. The molecular formula is C22H27I2NO7. The molecule has 0 saturated heterocycles. The van der Waals surface area contributed by atoms with E-state index in [0.717, 1.165) is 18.5 Å². The van der Waals surface area contributed by atoms with Crippen LogP contribution in [0.3, 0.4) is 0 Å². The van der Waals surface area contributed by atoms with E-state index in [4.69, 9.17) is 34.5 Å². The Bertz CT molecular complexity index is 826. The highest BCUT2D eigenvalue weighted by molar-refractivity contribution is 14.1. The Balaban J connectivity index is 1.79. The summed E-state index contributed by atoms with van der Waals surface area (Å²) >= 11 is 4.35. The van der Waals surface area contributed by atoms with E-state index in [-0.39, 0.29) is 6.42 Å². The standard InChI is InChI=1S/C22H27I2NO7/c1-28-6-7-29-8-9-30-10-11-31-16-2-4-17(5-3-16)32-21-18(23)12-15(13-19(21)24)14-20(25)22(26)27/h2-5,12-13,20H,6-11,14,25H2,1H3,(H,26,27). The first-order valence-electron chi connectivity index (χ1n) is 9.92. The zero-order chi connectivity index (χ0) is 23.3. The number of methoxy groups -OCH3 is 1. The lowest BCUT2D eigenvalue weighted by atomic mass is 10.1. The number of aliphatic carboxylic acids is 1. The van der Waals surface area contributed by atoms with Gasteiger partial charge in [-0.05, 0) is 93.6 Å². The molecule has 0 amide bonds. The van der Waals surface area contributed by atoms with E-state index in [2.05, 4.69) is 45.2 Å². The van der Waals surface area contributed by atoms with Gasteiger partial charge in [-0.15, -0.1) is 0 Å². The largest absolute Gasteiger partial charge is 0.491 e. The molecule has 0 aliphatic carbocycles. The molecule has 2 aromatic rings. The highest BCUT2D eigenvalue weighted by Crippen LogP contribution is 2.33. The molecule has 8 nitrogen and oxygen atoms in total. The summed E-state index contributed by atoms with van der Waals surface area (Å²) < 4.78 is 29.1. The lowest BCUT2D eigenvalue weighted by molar-refractivity contribution is -0.138. The van der Waals surface area contributed by atoms with Crippen molar-refractivity contribution in [3.8, 4) is 17.2 Å². The molecule has 32 heavy (non-hydrogen) atoms. The van der Waals surface area contributed by atoms with E-state index < -0.39 is 12.0 Å². The van der Waals surface area contributed by atoms with Gasteiger partial charge < -0.3 is 34.5 Å². The third-order valence-electron chi connectivity index (χ3n) is 4.17. The van der Waals surface area contributed by atoms with Crippen LogP contribution < -0.4 is 15.2 Å². The van der Waals surface area contributed by atoms with Crippen LogP contribution in [0.1, 0.15) is 5.56 Å². The number of carboxylic acid groups (broad SMARTS) is 1. The number of benzene rings is 2. The Morgan fingerprint density at radius 3 is 2.03 bits per heavy atom. The molecular weight excluding hydrogens is 644 g/mol. The van der Waals surface area contributed by atoms with E-state index >= 15 is 0 Å². The van der Waals surface area contributed by atoms with Gasteiger partial charge in [0.1, 0.15) is 24.1 Å². The Hall–Kier alpha value is -1.19. The smallest absolute Gasteiger partial charge is 0.320 e. The number of rotatable bonds is 15. The van der Waals surface area contributed by atoms with Crippen molar-refractivity contribution in [3.63, 3.8) is 0 Å². The van der Waals surface area contributed by atoms with Gasteiger partial charge in [-0.2, -0.15) is 0 Å². The number of carbonyl (C=O) groups is 1. The van der Waals surface area contributed by atoms with E-state index in [0.29, 0.717) is 51.1 Å². The molecule has 0 aliphatic heterocycles. The summed E-state index contributed by atoms with van der Waals surface area (Å²) in [6.07, 6.45) is 0.262. The minimum absolute atomic E-state index is 0.262. The van der Waals surface area contributed by atoms with Gasteiger partial charge >= 0.3 is 5.97 Å². The van der Waals surface area contributed by atoms with Crippen LogP contribution in [0.2, 0.25) is 0 Å². The van der Waals surface area contributed by atoms with Crippen LogP contribution in [0.25, 0.3) is 0 Å². The van der Waals surface area contributed by atoms with Crippen molar-refractivity contribution in [1.82, 2.24) is 0 Å². The average Bonchev–Trinajstić information content (AvgIpc) is 2.76. The molecule has 0 bridgehead atoms. The average molecular weight is 671 g/mol. The SMILES string of the molecule is COCCOCCOCCOc1ccc(Oc2c(I)cc(CC(N)C(=O)O)cc2I)cc1. The minimum Gasteiger partial charge on any atom is -0.491 e. The molecule has 1 unspecified atom stereocenters. The second-order valence-corrected chi connectivity index (χ2v) is 9.00. The lowest BCUT2D eigenvalue weighted by Crippen LogP contribution is -2.32. The van der Waals surface area contributed by atoms with E-state index in [1.807, 2.05) is 36.4 Å². The molecule has 0 aliphatic rings. The zero-order valence-electron chi connectivity index (χ0n) is 17.7. The summed E-state index contributed by atoms with van der Waals surface area (Å²) in [5, 5.41) is 9.00. The van der Waals surface area contributed by atoms with Crippen LogP contribution in [-0.4, -0.2) is 63.9 Å². The maximum absolute atomic E-state index is 11.0. The first-order valence-corrected chi connectivity index (χ1v) is 12.1. The molecule has 2 rings (SSSR count). The Morgan fingerprint density at radius 1 is 0.938 bits per heavy atom. The van der Waals surface area contributed by atoms with Crippen LogP contribution >= 0.6 is 45.2 Å². The Morgan fingerprint density at radius 2 is 1.47 bits per heavy atom. The molecule has 176 valence electrons. The summed E-state index contributed by atoms with van der Waals surface area (Å²) in [6, 6.07) is 10.2. The van der Waals surface area contributed by atoms with Crippen molar-refractivity contribution in [1.29, 1.82) is 0 Å². The molecule has 0 heterocycles. The van der Waals surface area contributed by atoms with Gasteiger partial charge in [0.05, 0.1) is 40.2 Å². The first kappa shape index (κ1) is 27.1. The van der Waals surface area contributed by atoms with Gasteiger partial charge in [0.25, 0.3) is 0 Å². The lowest BCUT2D eigenvalue weighted by Gasteiger charge is -2.14. The van der Waals surface area contributed by atoms with Crippen LogP contribution in [0.15, 0.2) is 36.4 Å². The van der Waals surface area contributed by atoms with E-state index in [1.165, 1.54) is 0 Å². The van der Waals surface area contributed by atoms with Crippen molar-refractivity contribution in [2.45, 2.75) is 12.5 Å². The van der Waals surface area contributed by atoms with Crippen molar-refractivity contribution in [2.24, 2.45) is 5.73 Å². The topological polar surface area (TPSA) is 109 Å². The number of hydrogen-bond donors (Lipinski definition) is 2. The molecule has 1 atom stereocenters. The maximum Gasteiger partial charge on any atom is 0.320 e. The number of ether oxygens (including phenoxy) is 5. The van der Waals surface area contributed by atoms with Crippen molar-refractivity contribution >= 4 is 51.2 Å². The third kappa shape index (κ3) is 9.75. The van der Waals surface area contributed by atoms with Gasteiger partial charge in [0.15, 0.2) is 5.75 Å². The fourth-order valence-corrected chi connectivity index (χ4v) is 4.69. The highest BCUT2D eigenvalue weighted by Gasteiger charge is 2.16. The molecule has 10 heteroatoms. The van der Waals surface area contributed by atoms with Crippen LogP contribution in [0, 0.1) is 7.14 Å². The predicted octanol–water partition coefficient (Wildman–Crippen LogP) is 3.70. The van der Waals surface area contributed by atoms with Gasteiger partial charge in [0, 0.05) is 7.11 Å². The van der Waals surface area contributed by atoms with Crippen molar-refractivity contribution in [2.75, 3.05) is 46.8 Å². The van der Waals surface area contributed by atoms with Crippen molar-refractivity contribution < 1.29 is 33.6 Å². The monoisotopic (exact) mass is 671 g/mol. The Kier molecular flexibility index (Phi) is 12.6. The molecule has 3 N–H and O–H groups in total. The summed E-state index contributed by atoms with van der Waals surface area (Å²) in [6.45, 7) is 3.09. The third-order valence-corrected chi connectivity index (χ3v) is 5.78. The second kappa shape index (κ2) is 14.9. The van der Waals surface area contributed by atoms with E-state index in [1.54, 1.807) is 7.11 Å². The number of hydrogen-bond acceptors (Lipinski definition) is 7. The van der Waals surface area contributed by atoms with Crippen LogP contribution in [0.5, 0.6) is 17.2 Å². The van der Waals surface area contributed by atoms with Crippen LogP contribution in [0.4, 0.5) is 0 Å². The minimum atomic E-state index is -1.02. The van der Waals surface area contributed by atoms with Gasteiger partial charge in [-0.25, -0.2) is 0 Å².